The fraction of sp³-hybridized carbons (Fsp3) is 0.158. The predicted molar refractivity (Wildman–Crippen MR) is 97.6 cm³/mol. The first-order valence-electron chi connectivity index (χ1n) is 7.90. The van der Waals surface area contributed by atoms with Gasteiger partial charge in [0.1, 0.15) is 11.4 Å². The van der Waals surface area contributed by atoms with Gasteiger partial charge in [0.25, 0.3) is 5.22 Å². The molecule has 0 amide bonds. The van der Waals surface area contributed by atoms with E-state index in [9.17, 15) is 0 Å². The highest BCUT2D eigenvalue weighted by atomic mass is 32.2. The molecule has 0 bridgehead atoms. The lowest BCUT2D eigenvalue weighted by Crippen LogP contribution is -1.87. The molecule has 0 aliphatic rings. The number of fused-ring (bicyclic) bond motifs is 1. The second-order valence-electron chi connectivity index (χ2n) is 6.05. The van der Waals surface area contributed by atoms with Gasteiger partial charge < -0.3 is 4.42 Å². The molecule has 0 fully saturated rings. The van der Waals surface area contributed by atoms with E-state index in [1.807, 2.05) is 31.2 Å². The van der Waals surface area contributed by atoms with Crippen molar-refractivity contribution < 1.29 is 4.42 Å². The Morgan fingerprint density at radius 2 is 1.64 bits per heavy atom. The van der Waals surface area contributed by atoms with Crippen molar-refractivity contribution in [3.05, 3.63) is 59.4 Å². The van der Waals surface area contributed by atoms with Crippen LogP contribution in [0.3, 0.4) is 0 Å². The summed E-state index contributed by atoms with van der Waals surface area (Å²) in [4.78, 5) is 8.68. The third-order valence-electron chi connectivity index (χ3n) is 3.81. The number of aromatic nitrogens is 4. The van der Waals surface area contributed by atoms with E-state index in [4.69, 9.17) is 4.42 Å². The van der Waals surface area contributed by atoms with Crippen LogP contribution in [0.25, 0.3) is 22.4 Å². The monoisotopic (exact) mass is 348 g/mol. The molecule has 0 atom stereocenters. The fourth-order valence-corrected chi connectivity index (χ4v) is 3.52. The van der Waals surface area contributed by atoms with E-state index in [1.165, 1.54) is 22.9 Å². The molecule has 2 aromatic heterocycles. The van der Waals surface area contributed by atoms with Crippen molar-refractivity contribution in [1.82, 2.24) is 20.2 Å². The van der Waals surface area contributed by atoms with E-state index in [0.717, 1.165) is 27.1 Å². The van der Waals surface area contributed by atoms with E-state index in [2.05, 4.69) is 46.1 Å². The molecule has 5 nitrogen and oxygen atoms in total. The summed E-state index contributed by atoms with van der Waals surface area (Å²) >= 11 is 1.36. The summed E-state index contributed by atoms with van der Waals surface area (Å²) in [5, 5.41) is 10.6. The van der Waals surface area contributed by atoms with E-state index in [-0.39, 0.29) is 0 Å². The van der Waals surface area contributed by atoms with Gasteiger partial charge in [-0.3, -0.25) is 0 Å². The highest BCUT2D eigenvalue weighted by Gasteiger charge is 2.13. The number of benzene rings is 2. The van der Waals surface area contributed by atoms with Crippen molar-refractivity contribution >= 4 is 22.7 Å². The zero-order valence-electron chi connectivity index (χ0n) is 14.1. The molecule has 0 N–H and O–H groups in total. The lowest BCUT2D eigenvalue weighted by Gasteiger charge is -2.03. The lowest BCUT2D eigenvalue weighted by atomic mass is 10.1. The van der Waals surface area contributed by atoms with Gasteiger partial charge in [-0.05, 0) is 56.8 Å². The maximum atomic E-state index is 5.84. The largest absolute Gasteiger partial charge is 0.411 e. The zero-order valence-corrected chi connectivity index (χ0v) is 15.0. The highest BCUT2D eigenvalue weighted by molar-refractivity contribution is 7.99. The summed E-state index contributed by atoms with van der Waals surface area (Å²) in [5.41, 5.74) is 5.32. The van der Waals surface area contributed by atoms with Gasteiger partial charge in [-0.2, -0.15) is 0 Å². The molecule has 124 valence electrons. The number of hydrogen-bond acceptors (Lipinski definition) is 6. The molecule has 2 heterocycles. The molecule has 0 spiro atoms. The second-order valence-corrected chi connectivity index (χ2v) is 6.99. The van der Waals surface area contributed by atoms with Crippen LogP contribution in [0.2, 0.25) is 0 Å². The maximum absolute atomic E-state index is 5.84. The molecule has 4 rings (SSSR count). The first kappa shape index (κ1) is 15.8. The molecule has 0 radical (unpaired) electrons. The Hall–Kier alpha value is -2.73. The standard InChI is InChI=1S/C19H16N4OS/c1-11-4-5-16-15(9-11)18(21-10-20-16)25-19-23-22-17(24-19)14-7-12(2)6-13(3)8-14/h4-10H,1-3H3. The molecule has 0 aliphatic carbocycles. The topological polar surface area (TPSA) is 64.7 Å². The Bertz CT molecular complexity index is 1050. The van der Waals surface area contributed by atoms with Crippen LogP contribution in [0.1, 0.15) is 16.7 Å². The van der Waals surface area contributed by atoms with Gasteiger partial charge in [-0.1, -0.05) is 28.8 Å². The minimum Gasteiger partial charge on any atom is -0.411 e. The van der Waals surface area contributed by atoms with Crippen LogP contribution in [0.15, 0.2) is 57.4 Å². The van der Waals surface area contributed by atoms with Gasteiger partial charge in [0.2, 0.25) is 5.89 Å². The molecule has 6 heteroatoms. The molecule has 0 unspecified atom stereocenters. The first-order valence-corrected chi connectivity index (χ1v) is 8.71. The SMILES string of the molecule is Cc1cc(C)cc(-c2nnc(Sc3ncnc4ccc(C)cc34)o2)c1. The zero-order chi connectivity index (χ0) is 17.4. The van der Waals surface area contributed by atoms with Crippen LogP contribution in [-0.2, 0) is 0 Å². The van der Waals surface area contributed by atoms with E-state index >= 15 is 0 Å². The summed E-state index contributed by atoms with van der Waals surface area (Å²) in [6.45, 7) is 6.15. The molecule has 0 aliphatic heterocycles. The van der Waals surface area contributed by atoms with Crippen molar-refractivity contribution in [2.45, 2.75) is 31.0 Å². The maximum Gasteiger partial charge on any atom is 0.283 e. The van der Waals surface area contributed by atoms with Crippen molar-refractivity contribution in [2.75, 3.05) is 0 Å². The number of nitrogens with zero attached hydrogens (tertiary/aromatic N) is 4. The summed E-state index contributed by atoms with van der Waals surface area (Å²) in [5.74, 6) is 0.517. The molecule has 0 saturated heterocycles. The average molecular weight is 348 g/mol. The third kappa shape index (κ3) is 3.25. The average Bonchev–Trinajstić information content (AvgIpc) is 3.03. The van der Waals surface area contributed by atoms with Crippen LogP contribution < -0.4 is 0 Å². The Morgan fingerprint density at radius 1 is 0.840 bits per heavy atom. The number of hydrogen-bond donors (Lipinski definition) is 0. The van der Waals surface area contributed by atoms with Crippen molar-refractivity contribution in [3.63, 3.8) is 0 Å². The molecule has 4 aromatic rings. The van der Waals surface area contributed by atoms with Gasteiger partial charge in [-0.15, -0.1) is 10.2 Å². The normalized spacial score (nSPS) is 11.2. The van der Waals surface area contributed by atoms with E-state index < -0.39 is 0 Å². The van der Waals surface area contributed by atoms with Crippen LogP contribution in [0.5, 0.6) is 0 Å². The van der Waals surface area contributed by atoms with Gasteiger partial charge in [0.05, 0.1) is 5.52 Å². The van der Waals surface area contributed by atoms with Gasteiger partial charge in [-0.25, -0.2) is 9.97 Å². The van der Waals surface area contributed by atoms with Crippen LogP contribution in [-0.4, -0.2) is 20.2 Å². The Balaban J connectivity index is 1.69. The predicted octanol–water partition coefficient (Wildman–Crippen LogP) is 4.76. The Morgan fingerprint density at radius 3 is 2.44 bits per heavy atom. The second kappa shape index (κ2) is 6.29. The molecule has 0 saturated carbocycles. The van der Waals surface area contributed by atoms with E-state index in [0.29, 0.717) is 11.1 Å². The number of rotatable bonds is 3. The molecular weight excluding hydrogens is 332 g/mol. The number of aryl methyl sites for hydroxylation is 3. The van der Waals surface area contributed by atoms with Crippen molar-refractivity contribution in [1.29, 1.82) is 0 Å². The van der Waals surface area contributed by atoms with Gasteiger partial charge in [0.15, 0.2) is 0 Å². The minimum absolute atomic E-state index is 0.468. The summed E-state index contributed by atoms with van der Waals surface area (Å²) in [6, 6.07) is 12.3. The fourth-order valence-electron chi connectivity index (χ4n) is 2.78. The molecular formula is C19H16N4OS. The quantitative estimate of drug-likeness (QED) is 0.498. The Labute approximate surface area is 149 Å². The highest BCUT2D eigenvalue weighted by Crippen LogP contribution is 2.32. The van der Waals surface area contributed by atoms with Crippen molar-refractivity contribution in [2.24, 2.45) is 0 Å². The smallest absolute Gasteiger partial charge is 0.283 e. The van der Waals surface area contributed by atoms with Crippen LogP contribution >= 0.6 is 11.8 Å². The summed E-state index contributed by atoms with van der Waals surface area (Å²) in [6.07, 6.45) is 1.56. The first-order chi connectivity index (χ1) is 12.1. The van der Waals surface area contributed by atoms with Crippen LogP contribution in [0, 0.1) is 20.8 Å². The minimum atomic E-state index is 0.468. The Kier molecular flexibility index (Phi) is 3.97. The van der Waals surface area contributed by atoms with E-state index in [1.54, 1.807) is 6.33 Å². The molecule has 2 aromatic carbocycles. The third-order valence-corrected chi connectivity index (χ3v) is 4.67. The lowest BCUT2D eigenvalue weighted by molar-refractivity contribution is 0.465. The molecule has 25 heavy (non-hydrogen) atoms. The summed E-state index contributed by atoms with van der Waals surface area (Å²) < 4.78 is 5.84. The summed E-state index contributed by atoms with van der Waals surface area (Å²) in [7, 11) is 0. The van der Waals surface area contributed by atoms with Gasteiger partial charge >= 0.3 is 0 Å². The van der Waals surface area contributed by atoms with Crippen LogP contribution in [0.4, 0.5) is 0 Å². The van der Waals surface area contributed by atoms with Gasteiger partial charge in [0, 0.05) is 10.9 Å². The van der Waals surface area contributed by atoms with Crippen molar-refractivity contribution in [3.8, 4) is 11.5 Å².